The van der Waals surface area contributed by atoms with Crippen LogP contribution in [0.15, 0.2) is 24.3 Å². The first-order valence-corrected chi connectivity index (χ1v) is 4.39. The Bertz CT molecular complexity index is 317. The molecule has 0 aliphatic rings. The second-order valence-corrected chi connectivity index (χ2v) is 3.40. The standard InChI is InChI=1S/C11H15N2O/c1-9-5-7-10(8-6-9)13(4)11(14)12(2)3/h5-8H,1H2,2-4H3. The van der Waals surface area contributed by atoms with E-state index in [0.29, 0.717) is 0 Å². The molecule has 14 heavy (non-hydrogen) atoms. The number of hydrogen-bond acceptors (Lipinski definition) is 1. The van der Waals surface area contributed by atoms with E-state index < -0.39 is 0 Å². The number of carbonyl (C=O) groups is 1. The summed E-state index contributed by atoms with van der Waals surface area (Å²) < 4.78 is 0. The van der Waals surface area contributed by atoms with E-state index in [9.17, 15) is 4.79 Å². The largest absolute Gasteiger partial charge is 0.330 e. The highest BCUT2D eigenvalue weighted by Crippen LogP contribution is 2.14. The van der Waals surface area contributed by atoms with E-state index in [4.69, 9.17) is 0 Å². The quantitative estimate of drug-likeness (QED) is 0.666. The summed E-state index contributed by atoms with van der Waals surface area (Å²) in [6.45, 7) is 3.79. The molecule has 0 spiro atoms. The zero-order valence-electron chi connectivity index (χ0n) is 8.82. The van der Waals surface area contributed by atoms with Crippen molar-refractivity contribution in [3.8, 4) is 0 Å². The Morgan fingerprint density at radius 3 is 2.07 bits per heavy atom. The highest BCUT2D eigenvalue weighted by molar-refractivity contribution is 5.91. The number of rotatable bonds is 1. The fourth-order valence-corrected chi connectivity index (χ4v) is 1.13. The molecular formula is C11H15N2O. The van der Waals surface area contributed by atoms with Gasteiger partial charge in [0.05, 0.1) is 0 Å². The Morgan fingerprint density at radius 1 is 1.14 bits per heavy atom. The van der Waals surface area contributed by atoms with E-state index in [1.165, 1.54) is 4.90 Å². The number of benzene rings is 1. The third-order valence-electron chi connectivity index (χ3n) is 1.99. The molecule has 0 aromatic heterocycles. The van der Waals surface area contributed by atoms with Crippen LogP contribution in [-0.4, -0.2) is 32.1 Å². The summed E-state index contributed by atoms with van der Waals surface area (Å²) in [5.41, 5.74) is 1.82. The summed E-state index contributed by atoms with van der Waals surface area (Å²) in [6.07, 6.45) is 0. The molecule has 0 saturated heterocycles. The van der Waals surface area contributed by atoms with Crippen molar-refractivity contribution in [1.29, 1.82) is 0 Å². The summed E-state index contributed by atoms with van der Waals surface area (Å²) >= 11 is 0. The molecule has 1 rings (SSSR count). The van der Waals surface area contributed by atoms with Gasteiger partial charge in [0.15, 0.2) is 0 Å². The van der Waals surface area contributed by atoms with E-state index in [2.05, 4.69) is 6.92 Å². The van der Waals surface area contributed by atoms with Crippen LogP contribution >= 0.6 is 0 Å². The smallest absolute Gasteiger partial charge is 0.323 e. The number of nitrogens with zero attached hydrogens (tertiary/aromatic N) is 2. The molecule has 3 nitrogen and oxygen atoms in total. The lowest BCUT2D eigenvalue weighted by Gasteiger charge is -2.21. The van der Waals surface area contributed by atoms with Crippen LogP contribution in [0.4, 0.5) is 10.5 Å². The Hall–Kier alpha value is -1.51. The summed E-state index contributed by atoms with van der Waals surface area (Å²) in [5, 5.41) is 0. The minimum atomic E-state index is -0.0400. The van der Waals surface area contributed by atoms with Crippen molar-refractivity contribution in [2.24, 2.45) is 0 Å². The number of urea groups is 1. The van der Waals surface area contributed by atoms with Crippen molar-refractivity contribution >= 4 is 11.7 Å². The van der Waals surface area contributed by atoms with Gasteiger partial charge in [-0.1, -0.05) is 12.1 Å². The molecule has 0 bridgehead atoms. The van der Waals surface area contributed by atoms with Crippen LogP contribution in [0.2, 0.25) is 0 Å². The van der Waals surface area contributed by atoms with Crippen LogP contribution in [0, 0.1) is 6.92 Å². The molecule has 0 aliphatic heterocycles. The van der Waals surface area contributed by atoms with Crippen LogP contribution in [0.5, 0.6) is 0 Å². The molecule has 1 aromatic rings. The predicted molar refractivity (Wildman–Crippen MR) is 58.4 cm³/mol. The van der Waals surface area contributed by atoms with Crippen molar-refractivity contribution in [2.45, 2.75) is 0 Å². The third kappa shape index (κ3) is 2.25. The molecule has 0 unspecified atom stereocenters. The monoisotopic (exact) mass is 191 g/mol. The normalized spacial score (nSPS) is 9.71. The first-order valence-electron chi connectivity index (χ1n) is 4.39. The van der Waals surface area contributed by atoms with Crippen LogP contribution in [0.25, 0.3) is 0 Å². The molecule has 0 aliphatic carbocycles. The highest BCUT2D eigenvalue weighted by Gasteiger charge is 2.11. The second kappa shape index (κ2) is 4.13. The van der Waals surface area contributed by atoms with Crippen molar-refractivity contribution in [1.82, 2.24) is 4.90 Å². The average molecular weight is 191 g/mol. The van der Waals surface area contributed by atoms with Crippen LogP contribution < -0.4 is 4.90 Å². The molecule has 2 amide bonds. The predicted octanol–water partition coefficient (Wildman–Crippen LogP) is 1.99. The fraction of sp³-hybridized carbons (Fsp3) is 0.273. The Morgan fingerprint density at radius 2 is 1.64 bits per heavy atom. The van der Waals surface area contributed by atoms with Crippen LogP contribution in [0.1, 0.15) is 5.56 Å². The maximum Gasteiger partial charge on any atom is 0.323 e. The molecule has 0 N–H and O–H groups in total. The highest BCUT2D eigenvalue weighted by atomic mass is 16.2. The zero-order valence-corrected chi connectivity index (χ0v) is 8.82. The third-order valence-corrected chi connectivity index (χ3v) is 1.99. The minimum Gasteiger partial charge on any atom is -0.330 e. The van der Waals surface area contributed by atoms with E-state index in [1.54, 1.807) is 26.0 Å². The first kappa shape index (κ1) is 10.6. The van der Waals surface area contributed by atoms with Crippen molar-refractivity contribution in [3.63, 3.8) is 0 Å². The van der Waals surface area contributed by atoms with E-state index in [0.717, 1.165) is 11.3 Å². The molecule has 3 heteroatoms. The maximum atomic E-state index is 11.6. The molecule has 1 aromatic carbocycles. The van der Waals surface area contributed by atoms with Gasteiger partial charge in [0.1, 0.15) is 0 Å². The van der Waals surface area contributed by atoms with Crippen molar-refractivity contribution in [3.05, 3.63) is 36.8 Å². The van der Waals surface area contributed by atoms with E-state index >= 15 is 0 Å². The molecular weight excluding hydrogens is 176 g/mol. The maximum absolute atomic E-state index is 11.6. The fourth-order valence-electron chi connectivity index (χ4n) is 1.13. The summed E-state index contributed by atoms with van der Waals surface area (Å²) in [6, 6.07) is 7.48. The lowest BCUT2D eigenvalue weighted by atomic mass is 10.2. The Kier molecular flexibility index (Phi) is 3.12. The van der Waals surface area contributed by atoms with Gasteiger partial charge in [-0.3, -0.25) is 4.90 Å². The number of amides is 2. The van der Waals surface area contributed by atoms with Gasteiger partial charge in [-0.25, -0.2) is 4.79 Å². The van der Waals surface area contributed by atoms with Crippen molar-refractivity contribution < 1.29 is 4.79 Å². The summed E-state index contributed by atoms with van der Waals surface area (Å²) in [4.78, 5) is 14.7. The molecule has 1 radical (unpaired) electrons. The van der Waals surface area contributed by atoms with Crippen LogP contribution in [-0.2, 0) is 0 Å². The van der Waals surface area contributed by atoms with Gasteiger partial charge in [0.25, 0.3) is 0 Å². The van der Waals surface area contributed by atoms with Gasteiger partial charge in [-0.15, -0.1) is 0 Å². The van der Waals surface area contributed by atoms with Gasteiger partial charge in [0, 0.05) is 26.8 Å². The molecule has 0 fully saturated rings. The van der Waals surface area contributed by atoms with Gasteiger partial charge in [0.2, 0.25) is 0 Å². The van der Waals surface area contributed by atoms with Crippen molar-refractivity contribution in [2.75, 3.05) is 26.0 Å². The number of carbonyl (C=O) groups excluding carboxylic acids is 1. The van der Waals surface area contributed by atoms with Crippen LogP contribution in [0.3, 0.4) is 0 Å². The lowest BCUT2D eigenvalue weighted by Crippen LogP contribution is -2.36. The summed E-state index contributed by atoms with van der Waals surface area (Å²) in [7, 11) is 5.21. The number of anilines is 1. The Labute approximate surface area is 84.9 Å². The van der Waals surface area contributed by atoms with Gasteiger partial charge >= 0.3 is 6.03 Å². The average Bonchev–Trinajstić information content (AvgIpc) is 2.16. The topological polar surface area (TPSA) is 23.6 Å². The van der Waals surface area contributed by atoms with E-state index in [1.807, 2.05) is 24.3 Å². The molecule has 0 atom stereocenters. The molecule has 0 heterocycles. The van der Waals surface area contributed by atoms with E-state index in [-0.39, 0.29) is 6.03 Å². The number of hydrogen-bond donors (Lipinski definition) is 0. The summed E-state index contributed by atoms with van der Waals surface area (Å²) in [5.74, 6) is 0. The van der Waals surface area contributed by atoms with Gasteiger partial charge < -0.3 is 4.90 Å². The zero-order chi connectivity index (χ0) is 10.7. The Balaban J connectivity index is 2.84. The van der Waals surface area contributed by atoms with Gasteiger partial charge in [-0.05, 0) is 24.6 Å². The lowest BCUT2D eigenvalue weighted by molar-refractivity contribution is 0.225. The SMILES string of the molecule is [CH2]c1ccc(N(C)C(=O)N(C)C)cc1. The minimum absolute atomic E-state index is 0.0400. The molecule has 0 saturated carbocycles. The second-order valence-electron chi connectivity index (χ2n) is 3.40. The molecule has 75 valence electrons. The van der Waals surface area contributed by atoms with Gasteiger partial charge in [-0.2, -0.15) is 0 Å². The first-order chi connectivity index (χ1) is 6.52.